The zero-order chi connectivity index (χ0) is 13.1. The highest BCUT2D eigenvalue weighted by atomic mass is 35.5. The molecule has 1 amide bonds. The van der Waals surface area contributed by atoms with Gasteiger partial charge in [0, 0.05) is 0 Å². The van der Waals surface area contributed by atoms with Crippen molar-refractivity contribution in [2.45, 2.75) is 11.3 Å². The molecule has 0 atom stereocenters. The smallest absolute Gasteiger partial charge is 0.268 e. The highest BCUT2D eigenvalue weighted by Gasteiger charge is 2.39. The molecule has 1 N–H and O–H groups in total. The summed E-state index contributed by atoms with van der Waals surface area (Å²) in [6, 6.07) is 6.72. The molecular weight excluding hydrogens is 265 g/mol. The van der Waals surface area contributed by atoms with Gasteiger partial charge in [-0.25, -0.2) is 0 Å². The molecule has 92 valence electrons. The second-order valence-electron chi connectivity index (χ2n) is 3.28. The van der Waals surface area contributed by atoms with Gasteiger partial charge in [-0.2, -0.15) is 0 Å². The van der Waals surface area contributed by atoms with Crippen LogP contribution in [-0.2, 0) is 9.59 Å². The lowest BCUT2D eigenvalue weighted by Gasteiger charge is -2.16. The number of rotatable bonds is 4. The molecule has 0 aliphatic rings. The molecule has 0 radical (unpaired) electrons. The number of alkyl halides is 2. The summed E-state index contributed by atoms with van der Waals surface area (Å²) in [5, 5.41) is 2.43. The number of amides is 1. The van der Waals surface area contributed by atoms with Crippen LogP contribution in [0.5, 0.6) is 5.75 Å². The number of methoxy groups -OCH3 is 1. The molecule has 1 aromatic rings. The molecule has 0 heterocycles. The molecule has 0 aromatic heterocycles. The molecule has 4 nitrogen and oxygen atoms in total. The molecule has 0 bridgehead atoms. The summed E-state index contributed by atoms with van der Waals surface area (Å²) in [6.45, 7) is 1.14. The summed E-state index contributed by atoms with van der Waals surface area (Å²) < 4.78 is 2.94. The van der Waals surface area contributed by atoms with Crippen molar-refractivity contribution in [1.82, 2.24) is 0 Å². The van der Waals surface area contributed by atoms with E-state index in [9.17, 15) is 9.59 Å². The van der Waals surface area contributed by atoms with Crippen LogP contribution in [0.25, 0.3) is 0 Å². The number of para-hydroxylation sites is 2. The van der Waals surface area contributed by atoms with Crippen LogP contribution in [0.2, 0.25) is 0 Å². The van der Waals surface area contributed by atoms with Crippen LogP contribution in [0.1, 0.15) is 6.92 Å². The van der Waals surface area contributed by atoms with E-state index in [-0.39, 0.29) is 0 Å². The summed E-state index contributed by atoms with van der Waals surface area (Å²) in [7, 11) is 1.46. The van der Waals surface area contributed by atoms with Gasteiger partial charge in [-0.15, -0.1) is 0 Å². The highest BCUT2D eigenvalue weighted by Crippen LogP contribution is 2.28. The van der Waals surface area contributed by atoms with Gasteiger partial charge in [0.25, 0.3) is 10.2 Å². The third-order valence-corrected chi connectivity index (χ3v) is 2.96. The van der Waals surface area contributed by atoms with Crippen LogP contribution in [0.4, 0.5) is 5.69 Å². The second-order valence-corrected chi connectivity index (χ2v) is 4.61. The van der Waals surface area contributed by atoms with E-state index >= 15 is 0 Å². The van der Waals surface area contributed by atoms with Crippen LogP contribution in [-0.4, -0.2) is 23.1 Å². The summed E-state index contributed by atoms with van der Waals surface area (Å²) in [6.07, 6.45) is 0. The van der Waals surface area contributed by atoms with Gasteiger partial charge in [0.15, 0.2) is 5.78 Å². The quantitative estimate of drug-likeness (QED) is 0.678. The number of benzene rings is 1. The molecule has 0 spiro atoms. The van der Waals surface area contributed by atoms with E-state index in [1.165, 1.54) is 7.11 Å². The van der Waals surface area contributed by atoms with Gasteiger partial charge in [0.1, 0.15) is 5.75 Å². The lowest BCUT2D eigenvalue weighted by atomic mass is 10.2. The van der Waals surface area contributed by atoms with Gasteiger partial charge in [0.2, 0.25) is 0 Å². The first-order valence-corrected chi connectivity index (χ1v) is 5.48. The lowest BCUT2D eigenvalue weighted by Crippen LogP contribution is -2.38. The van der Waals surface area contributed by atoms with Gasteiger partial charge in [0.05, 0.1) is 12.8 Å². The largest absolute Gasteiger partial charge is 0.495 e. The molecule has 0 unspecified atom stereocenters. The Morgan fingerprint density at radius 3 is 2.41 bits per heavy atom. The monoisotopic (exact) mass is 275 g/mol. The number of Topliss-reactive ketones (excluding diaryl/α,β-unsaturated/α-hetero) is 1. The molecule has 6 heteroatoms. The second kappa shape index (κ2) is 5.38. The van der Waals surface area contributed by atoms with Crippen molar-refractivity contribution in [3.63, 3.8) is 0 Å². The number of carbonyl (C=O) groups is 2. The number of hydrogen-bond donors (Lipinski definition) is 1. The number of halogens is 2. The summed E-state index contributed by atoms with van der Waals surface area (Å²) >= 11 is 11.3. The molecular formula is C11H11Cl2NO3. The van der Waals surface area contributed by atoms with Crippen molar-refractivity contribution >= 4 is 40.6 Å². The summed E-state index contributed by atoms with van der Waals surface area (Å²) in [5.74, 6) is -1.00. The van der Waals surface area contributed by atoms with Gasteiger partial charge in [-0.1, -0.05) is 35.3 Å². The fraction of sp³-hybridized carbons (Fsp3) is 0.273. The van der Waals surface area contributed by atoms with Crippen molar-refractivity contribution in [3.8, 4) is 5.75 Å². The standard InChI is InChI=1S/C11H11Cl2NO3/c1-7(15)11(12,13)10(16)14-8-5-3-4-6-9(8)17-2/h3-6H,1-2H3,(H,14,16). The number of hydrogen-bond acceptors (Lipinski definition) is 3. The topological polar surface area (TPSA) is 55.4 Å². The number of ketones is 1. The number of nitrogens with one attached hydrogen (secondary N) is 1. The Bertz CT molecular complexity index is 446. The fourth-order valence-corrected chi connectivity index (χ4v) is 1.20. The third-order valence-electron chi connectivity index (χ3n) is 2.08. The average molecular weight is 276 g/mol. The van der Waals surface area contributed by atoms with Crippen LogP contribution >= 0.6 is 23.2 Å². The normalized spacial score (nSPS) is 10.8. The van der Waals surface area contributed by atoms with Gasteiger partial charge >= 0.3 is 0 Å². The van der Waals surface area contributed by atoms with Crippen molar-refractivity contribution in [2.75, 3.05) is 12.4 Å². The van der Waals surface area contributed by atoms with Gasteiger partial charge < -0.3 is 10.1 Å². The van der Waals surface area contributed by atoms with E-state index in [2.05, 4.69) is 5.32 Å². The first-order chi connectivity index (χ1) is 7.89. The van der Waals surface area contributed by atoms with E-state index < -0.39 is 16.0 Å². The minimum absolute atomic E-state index is 0.395. The van der Waals surface area contributed by atoms with E-state index in [4.69, 9.17) is 27.9 Å². The molecule has 0 saturated heterocycles. The Morgan fingerprint density at radius 1 is 1.29 bits per heavy atom. The van der Waals surface area contributed by atoms with Crippen molar-refractivity contribution in [2.24, 2.45) is 0 Å². The zero-order valence-corrected chi connectivity index (χ0v) is 10.8. The summed E-state index contributed by atoms with van der Waals surface area (Å²) in [5.41, 5.74) is 0.395. The van der Waals surface area contributed by atoms with E-state index in [1.54, 1.807) is 24.3 Å². The van der Waals surface area contributed by atoms with Crippen molar-refractivity contribution in [3.05, 3.63) is 24.3 Å². The third kappa shape index (κ3) is 3.11. The number of carbonyl (C=O) groups excluding carboxylic acids is 2. The Kier molecular flexibility index (Phi) is 4.37. The minimum atomic E-state index is -2.10. The van der Waals surface area contributed by atoms with E-state index in [1.807, 2.05) is 0 Å². The van der Waals surface area contributed by atoms with Crippen LogP contribution in [0, 0.1) is 0 Å². The van der Waals surface area contributed by atoms with Crippen LogP contribution < -0.4 is 10.1 Å². The van der Waals surface area contributed by atoms with Crippen molar-refractivity contribution < 1.29 is 14.3 Å². The molecule has 0 aliphatic carbocycles. The Labute approximate surface area is 109 Å². The maximum absolute atomic E-state index is 11.7. The zero-order valence-electron chi connectivity index (χ0n) is 9.29. The van der Waals surface area contributed by atoms with Gasteiger partial charge in [-0.05, 0) is 19.1 Å². The Morgan fingerprint density at radius 2 is 1.88 bits per heavy atom. The predicted molar refractivity (Wildman–Crippen MR) is 66.7 cm³/mol. The molecule has 1 rings (SSSR count). The molecule has 0 saturated carbocycles. The minimum Gasteiger partial charge on any atom is -0.495 e. The van der Waals surface area contributed by atoms with Crippen LogP contribution in [0.15, 0.2) is 24.3 Å². The Hall–Kier alpha value is -1.26. The first-order valence-electron chi connectivity index (χ1n) is 4.73. The summed E-state index contributed by atoms with van der Waals surface area (Å²) in [4.78, 5) is 22.8. The molecule has 1 aromatic carbocycles. The molecule has 0 fully saturated rings. The molecule has 0 aliphatic heterocycles. The van der Waals surface area contributed by atoms with E-state index in [0.29, 0.717) is 11.4 Å². The number of ether oxygens (including phenoxy) is 1. The van der Waals surface area contributed by atoms with Crippen LogP contribution in [0.3, 0.4) is 0 Å². The average Bonchev–Trinajstić information content (AvgIpc) is 2.29. The SMILES string of the molecule is COc1ccccc1NC(=O)C(Cl)(Cl)C(C)=O. The lowest BCUT2D eigenvalue weighted by molar-refractivity contribution is -0.125. The van der Waals surface area contributed by atoms with Crippen molar-refractivity contribution in [1.29, 1.82) is 0 Å². The first kappa shape index (κ1) is 13.8. The number of anilines is 1. The predicted octanol–water partition coefficient (Wildman–Crippen LogP) is 2.40. The maximum atomic E-state index is 11.7. The molecule has 17 heavy (non-hydrogen) atoms. The highest BCUT2D eigenvalue weighted by molar-refractivity contribution is 6.68. The Balaban J connectivity index is 2.92. The fourth-order valence-electron chi connectivity index (χ4n) is 1.11. The maximum Gasteiger partial charge on any atom is 0.268 e. The van der Waals surface area contributed by atoms with Gasteiger partial charge in [-0.3, -0.25) is 9.59 Å². The van der Waals surface area contributed by atoms with E-state index in [0.717, 1.165) is 6.92 Å².